The Morgan fingerprint density at radius 3 is 2.52 bits per heavy atom. The summed E-state index contributed by atoms with van der Waals surface area (Å²) in [6.45, 7) is 14.8. The van der Waals surface area contributed by atoms with Crippen LogP contribution in [0.2, 0.25) is 0 Å². The first-order valence-corrected chi connectivity index (χ1v) is 14.9. The summed E-state index contributed by atoms with van der Waals surface area (Å²) in [4.78, 5) is 34.0. The van der Waals surface area contributed by atoms with Crippen LogP contribution in [-0.4, -0.2) is 79.9 Å². The lowest BCUT2D eigenvalue weighted by molar-refractivity contribution is 0.0120. The molecule has 3 fully saturated rings. The Morgan fingerprint density at radius 2 is 1.85 bits per heavy atom. The normalized spacial score (nSPS) is 22.0. The van der Waals surface area contributed by atoms with Gasteiger partial charge in [0, 0.05) is 106 Å². The Hall–Kier alpha value is -2.88. The quantitative estimate of drug-likeness (QED) is 0.441. The highest BCUT2D eigenvalue weighted by Crippen LogP contribution is 2.36. The van der Waals surface area contributed by atoms with E-state index >= 15 is 0 Å². The third-order valence-electron chi connectivity index (χ3n) is 8.84. The van der Waals surface area contributed by atoms with Crippen molar-refractivity contribution in [2.24, 2.45) is 0 Å². The molecule has 3 heterocycles. The van der Waals surface area contributed by atoms with Crippen LogP contribution in [-0.2, 0) is 11.3 Å². The molecule has 2 aromatic rings. The van der Waals surface area contributed by atoms with Crippen LogP contribution in [0, 0.1) is 20.8 Å². The second-order valence-electron chi connectivity index (χ2n) is 11.5. The van der Waals surface area contributed by atoms with Crippen LogP contribution < -0.4 is 25.8 Å². The van der Waals surface area contributed by atoms with Crippen LogP contribution in [0.4, 0.5) is 5.69 Å². The molecule has 1 aromatic heterocycles. The predicted molar refractivity (Wildman–Crippen MR) is 158 cm³/mol. The van der Waals surface area contributed by atoms with Gasteiger partial charge in [0.2, 0.25) is 0 Å². The van der Waals surface area contributed by atoms with E-state index in [1.807, 2.05) is 32.9 Å². The second kappa shape index (κ2) is 12.7. The van der Waals surface area contributed by atoms with Gasteiger partial charge in [0.05, 0.1) is 0 Å². The first-order chi connectivity index (χ1) is 19.3. The molecule has 1 amide bonds. The van der Waals surface area contributed by atoms with E-state index in [4.69, 9.17) is 9.47 Å². The molecule has 1 saturated carbocycles. The molecule has 9 heteroatoms. The number of nitrogens with one attached hydrogen (secondary N) is 3. The minimum absolute atomic E-state index is 0.151. The molecule has 3 N–H and O–H groups in total. The molecule has 9 nitrogen and oxygen atoms in total. The number of carbonyl (C=O) groups is 1. The van der Waals surface area contributed by atoms with Crippen molar-refractivity contribution < 1.29 is 14.3 Å². The van der Waals surface area contributed by atoms with E-state index < -0.39 is 0 Å². The molecular formula is C31H45N5O4. The minimum atomic E-state index is -0.195. The van der Waals surface area contributed by atoms with Gasteiger partial charge in [0.1, 0.15) is 11.9 Å². The molecule has 3 aliphatic rings. The van der Waals surface area contributed by atoms with E-state index in [1.165, 1.54) is 0 Å². The molecule has 2 saturated heterocycles. The summed E-state index contributed by atoms with van der Waals surface area (Å²) < 4.78 is 12.2. The molecule has 0 atom stereocenters. The van der Waals surface area contributed by atoms with Gasteiger partial charge >= 0.3 is 0 Å². The summed E-state index contributed by atoms with van der Waals surface area (Å²) in [6, 6.07) is 6.87. The van der Waals surface area contributed by atoms with Crippen molar-refractivity contribution >= 4 is 11.6 Å². The third kappa shape index (κ3) is 6.37. The van der Waals surface area contributed by atoms with E-state index in [9.17, 15) is 9.59 Å². The molecule has 1 aliphatic carbocycles. The summed E-state index contributed by atoms with van der Waals surface area (Å²) in [5.74, 6) is 0.545. The van der Waals surface area contributed by atoms with Gasteiger partial charge in [-0.15, -0.1) is 0 Å². The van der Waals surface area contributed by atoms with Crippen molar-refractivity contribution in [2.45, 2.75) is 78.1 Å². The number of anilines is 1. The number of amides is 1. The molecule has 0 bridgehead atoms. The monoisotopic (exact) mass is 551 g/mol. The van der Waals surface area contributed by atoms with Crippen LogP contribution >= 0.6 is 0 Å². The minimum Gasteiger partial charge on any atom is -0.490 e. The standard InChI is InChI=1S/C31H45N5O4/c1-5-36(23-6-12-39-13-7-23)29-18-26(40-25-15-24(16-25)35-10-8-32-9-11-35)17-27(22(29)4)30(37)33-19-28-20(2)14-21(3)34-31(28)38/h14,17-18,23-25,32H,5-13,15-16,19H2,1-4H3,(H,33,37)(H,34,38)/t24-,25+. The lowest BCUT2D eigenvalue weighted by Gasteiger charge is -2.44. The summed E-state index contributed by atoms with van der Waals surface area (Å²) in [7, 11) is 0. The van der Waals surface area contributed by atoms with Gasteiger partial charge < -0.3 is 30.0 Å². The van der Waals surface area contributed by atoms with Gasteiger partial charge in [-0.25, -0.2) is 0 Å². The highest BCUT2D eigenvalue weighted by Gasteiger charge is 2.36. The van der Waals surface area contributed by atoms with Crippen molar-refractivity contribution in [1.82, 2.24) is 20.5 Å². The van der Waals surface area contributed by atoms with Crippen LogP contribution in [0.1, 0.15) is 65.3 Å². The number of pyridine rings is 1. The summed E-state index contributed by atoms with van der Waals surface area (Å²) in [5, 5.41) is 6.44. The van der Waals surface area contributed by atoms with Crippen LogP contribution in [0.3, 0.4) is 0 Å². The number of ether oxygens (including phenoxy) is 2. The molecule has 40 heavy (non-hydrogen) atoms. The number of nitrogens with zero attached hydrogens (tertiary/aromatic N) is 2. The number of hydrogen-bond donors (Lipinski definition) is 3. The summed E-state index contributed by atoms with van der Waals surface area (Å²) >= 11 is 0. The molecule has 0 unspecified atom stereocenters. The Morgan fingerprint density at radius 1 is 1.12 bits per heavy atom. The van der Waals surface area contributed by atoms with E-state index in [0.717, 1.165) is 99.9 Å². The number of piperazine rings is 1. The zero-order chi connectivity index (χ0) is 28.2. The topological polar surface area (TPSA) is 98.9 Å². The predicted octanol–water partition coefficient (Wildman–Crippen LogP) is 3.05. The Labute approximate surface area is 237 Å². The van der Waals surface area contributed by atoms with Gasteiger partial charge in [0.15, 0.2) is 0 Å². The van der Waals surface area contributed by atoms with Crippen LogP contribution in [0.25, 0.3) is 0 Å². The molecule has 0 radical (unpaired) electrons. The smallest absolute Gasteiger partial charge is 0.253 e. The number of benzene rings is 1. The van der Waals surface area contributed by atoms with E-state index in [-0.39, 0.29) is 24.1 Å². The number of H-pyrrole nitrogens is 1. The van der Waals surface area contributed by atoms with Gasteiger partial charge in [-0.05, 0) is 63.8 Å². The number of rotatable bonds is 9. The average molecular weight is 552 g/mol. The maximum absolute atomic E-state index is 13.6. The molecular weight excluding hydrogens is 506 g/mol. The SMILES string of the molecule is CCN(c1cc(O[C@H]2C[C@@H](N3CCNCC3)C2)cc(C(=O)NCc2c(C)cc(C)[nH]c2=O)c1C)C1CCOCC1. The molecule has 1 aromatic carbocycles. The van der Waals surface area contributed by atoms with Crippen molar-refractivity contribution in [2.75, 3.05) is 50.8 Å². The first-order valence-electron chi connectivity index (χ1n) is 14.9. The number of hydrogen-bond acceptors (Lipinski definition) is 7. The maximum atomic E-state index is 13.6. The van der Waals surface area contributed by atoms with Crippen LogP contribution in [0.5, 0.6) is 5.75 Å². The molecule has 2 aliphatic heterocycles. The number of aromatic nitrogens is 1. The van der Waals surface area contributed by atoms with Gasteiger partial charge in [-0.3, -0.25) is 14.5 Å². The van der Waals surface area contributed by atoms with Crippen molar-refractivity contribution in [3.63, 3.8) is 0 Å². The Bertz CT molecular complexity index is 1240. The molecule has 0 spiro atoms. The van der Waals surface area contributed by atoms with Crippen molar-refractivity contribution in [1.29, 1.82) is 0 Å². The van der Waals surface area contributed by atoms with E-state index in [1.54, 1.807) is 0 Å². The first kappa shape index (κ1) is 28.6. The van der Waals surface area contributed by atoms with Crippen molar-refractivity contribution in [3.8, 4) is 5.75 Å². The molecule has 218 valence electrons. The van der Waals surface area contributed by atoms with Gasteiger partial charge in [-0.1, -0.05) is 0 Å². The fraction of sp³-hybridized carbons (Fsp3) is 0.613. The van der Waals surface area contributed by atoms with Crippen molar-refractivity contribution in [3.05, 3.63) is 56.5 Å². The lowest BCUT2D eigenvalue weighted by atomic mass is 9.87. The second-order valence-corrected chi connectivity index (χ2v) is 11.5. The number of aromatic amines is 1. The fourth-order valence-corrected chi connectivity index (χ4v) is 6.43. The lowest BCUT2D eigenvalue weighted by Crippen LogP contribution is -2.55. The largest absolute Gasteiger partial charge is 0.490 e. The van der Waals surface area contributed by atoms with E-state index in [0.29, 0.717) is 23.2 Å². The van der Waals surface area contributed by atoms with Gasteiger partial charge in [0.25, 0.3) is 11.5 Å². The van der Waals surface area contributed by atoms with E-state index in [2.05, 4.69) is 38.4 Å². The van der Waals surface area contributed by atoms with Crippen LogP contribution in [0.15, 0.2) is 23.0 Å². The Kier molecular flexibility index (Phi) is 9.13. The Balaban J connectivity index is 1.37. The number of aryl methyl sites for hydroxylation is 2. The third-order valence-corrected chi connectivity index (χ3v) is 8.84. The number of carbonyl (C=O) groups excluding carboxylic acids is 1. The zero-order valence-corrected chi connectivity index (χ0v) is 24.5. The summed E-state index contributed by atoms with van der Waals surface area (Å²) in [5.41, 5.74) is 4.67. The highest BCUT2D eigenvalue weighted by molar-refractivity contribution is 5.97. The zero-order valence-electron chi connectivity index (χ0n) is 24.5. The maximum Gasteiger partial charge on any atom is 0.253 e. The summed E-state index contributed by atoms with van der Waals surface area (Å²) in [6.07, 6.45) is 4.10. The molecule has 5 rings (SSSR count). The van der Waals surface area contributed by atoms with Gasteiger partial charge in [-0.2, -0.15) is 0 Å². The highest BCUT2D eigenvalue weighted by atomic mass is 16.5. The fourth-order valence-electron chi connectivity index (χ4n) is 6.43. The average Bonchev–Trinajstić information content (AvgIpc) is 2.92.